The van der Waals surface area contributed by atoms with E-state index in [2.05, 4.69) is 43.4 Å². The molecule has 0 aliphatic carbocycles. The van der Waals surface area contributed by atoms with Gasteiger partial charge in [0.05, 0.1) is 0 Å². The Bertz CT molecular complexity index is 495. The van der Waals surface area contributed by atoms with Gasteiger partial charge in [-0.15, -0.1) is 6.54 Å². The molecule has 1 aromatic carbocycles. The van der Waals surface area contributed by atoms with E-state index in [-0.39, 0.29) is 76.3 Å². The average molecular weight is 402 g/mol. The van der Waals surface area contributed by atoms with Crippen molar-refractivity contribution in [3.63, 3.8) is 0 Å². The maximum Gasteiger partial charge on any atom is 1.00 e. The van der Waals surface area contributed by atoms with Crippen molar-refractivity contribution in [1.82, 2.24) is 5.32 Å². The standard InChI is InChI=1S/C19H30N3O.Rb/c1-14(2)6-3-9-17(20)15-7-4-8-16(12-15)19-18(22-13-23)10-5-11-21-19;/h4,7-8,12-14,17-19H,3,5-6,9-11,20H2,1-2H3,(H,22,23);/q-1;+1. The van der Waals surface area contributed by atoms with Crippen LogP contribution in [0, 0.1) is 5.92 Å². The molecule has 1 fully saturated rings. The molecule has 0 radical (unpaired) electrons. The van der Waals surface area contributed by atoms with Crippen LogP contribution >= 0.6 is 0 Å². The third-order valence-corrected chi connectivity index (χ3v) is 4.64. The number of nitrogens with one attached hydrogen (secondary N) is 1. The number of nitrogens with two attached hydrogens (primary N) is 1. The van der Waals surface area contributed by atoms with E-state index in [4.69, 9.17) is 11.1 Å². The van der Waals surface area contributed by atoms with E-state index >= 15 is 0 Å². The van der Waals surface area contributed by atoms with Gasteiger partial charge in [-0.05, 0) is 24.3 Å². The normalized spacial score (nSPS) is 21.8. The van der Waals surface area contributed by atoms with Gasteiger partial charge in [0, 0.05) is 12.1 Å². The van der Waals surface area contributed by atoms with Gasteiger partial charge in [-0.25, -0.2) is 0 Å². The summed E-state index contributed by atoms with van der Waals surface area (Å²) in [5, 5.41) is 7.65. The molecule has 1 saturated heterocycles. The molecule has 3 N–H and O–H groups in total. The molecule has 2 rings (SSSR count). The van der Waals surface area contributed by atoms with Gasteiger partial charge in [-0.1, -0.05) is 69.0 Å². The Balaban J connectivity index is 0.00000288. The van der Waals surface area contributed by atoms with Crippen molar-refractivity contribution in [2.45, 2.75) is 64.1 Å². The molecule has 1 heterocycles. The Morgan fingerprint density at radius 1 is 1.38 bits per heavy atom. The number of benzene rings is 1. The molecule has 3 atom stereocenters. The smallest absolute Gasteiger partial charge is 0.654 e. The van der Waals surface area contributed by atoms with Crippen molar-refractivity contribution in [2.24, 2.45) is 11.7 Å². The largest absolute Gasteiger partial charge is 1.00 e. The maximum absolute atomic E-state index is 10.8. The molecule has 0 aromatic heterocycles. The second kappa shape index (κ2) is 11.9. The summed E-state index contributed by atoms with van der Waals surface area (Å²) in [5.74, 6) is 0.727. The Morgan fingerprint density at radius 2 is 2.17 bits per heavy atom. The molecule has 4 nitrogen and oxygen atoms in total. The number of amides is 1. The van der Waals surface area contributed by atoms with Crippen molar-refractivity contribution in [3.8, 4) is 0 Å². The number of carbonyl (C=O) groups is 1. The summed E-state index contributed by atoms with van der Waals surface area (Å²) in [5.41, 5.74) is 8.72. The Kier molecular flexibility index (Phi) is 11.2. The Morgan fingerprint density at radius 3 is 2.88 bits per heavy atom. The van der Waals surface area contributed by atoms with Crippen LogP contribution in [0.2, 0.25) is 0 Å². The first kappa shape index (κ1) is 22.5. The van der Waals surface area contributed by atoms with E-state index in [0.717, 1.165) is 44.6 Å². The van der Waals surface area contributed by atoms with Crippen molar-refractivity contribution >= 4 is 6.41 Å². The molecule has 0 saturated carbocycles. The first-order valence-electron chi connectivity index (χ1n) is 8.83. The molecule has 1 aliphatic heterocycles. The van der Waals surface area contributed by atoms with Gasteiger partial charge in [0.2, 0.25) is 6.41 Å². The number of piperidine rings is 1. The second-order valence-corrected chi connectivity index (χ2v) is 6.99. The molecule has 24 heavy (non-hydrogen) atoms. The van der Waals surface area contributed by atoms with E-state index in [1.165, 1.54) is 17.5 Å². The van der Waals surface area contributed by atoms with Crippen LogP contribution in [0.5, 0.6) is 0 Å². The van der Waals surface area contributed by atoms with Crippen LogP contribution in [0.25, 0.3) is 5.32 Å². The first-order chi connectivity index (χ1) is 11.1. The summed E-state index contributed by atoms with van der Waals surface area (Å²) in [6, 6.07) is 8.69. The quantitative estimate of drug-likeness (QED) is 0.634. The molecule has 5 heteroatoms. The maximum atomic E-state index is 10.8. The molecule has 1 aliphatic rings. The number of nitrogens with zero attached hydrogens (tertiary/aromatic N) is 1. The fraction of sp³-hybridized carbons (Fsp3) is 0.632. The molecule has 1 amide bonds. The minimum atomic E-state index is 0. The number of hydrogen-bond acceptors (Lipinski definition) is 2. The van der Waals surface area contributed by atoms with Gasteiger partial charge in [0.15, 0.2) is 0 Å². The van der Waals surface area contributed by atoms with E-state index in [0.29, 0.717) is 0 Å². The van der Waals surface area contributed by atoms with E-state index in [1.807, 2.05) is 0 Å². The third kappa shape index (κ3) is 6.97. The van der Waals surface area contributed by atoms with Crippen LogP contribution in [0.1, 0.15) is 69.2 Å². The average Bonchev–Trinajstić information content (AvgIpc) is 2.55. The summed E-state index contributed by atoms with van der Waals surface area (Å²) in [6.45, 7) is 5.36. The van der Waals surface area contributed by atoms with Crippen molar-refractivity contribution in [3.05, 3.63) is 40.7 Å². The monoisotopic (exact) mass is 401 g/mol. The van der Waals surface area contributed by atoms with Crippen LogP contribution in [0.4, 0.5) is 0 Å². The van der Waals surface area contributed by atoms with Gasteiger partial charge >= 0.3 is 58.2 Å². The van der Waals surface area contributed by atoms with Crippen LogP contribution < -0.4 is 69.2 Å². The van der Waals surface area contributed by atoms with E-state index in [9.17, 15) is 4.79 Å². The SMILES string of the molecule is CC(C)CCCC(N)c1cccc(C2[N-]CCCC2NC=O)c1.[Rb+]. The fourth-order valence-corrected chi connectivity index (χ4v) is 3.31. The van der Waals surface area contributed by atoms with Crippen molar-refractivity contribution in [1.29, 1.82) is 0 Å². The van der Waals surface area contributed by atoms with Crippen molar-refractivity contribution < 1.29 is 63.0 Å². The second-order valence-electron chi connectivity index (χ2n) is 6.99. The molecule has 128 valence electrons. The van der Waals surface area contributed by atoms with Gasteiger partial charge in [-0.3, -0.25) is 4.79 Å². The van der Waals surface area contributed by atoms with Crippen LogP contribution in [0.15, 0.2) is 24.3 Å². The third-order valence-electron chi connectivity index (χ3n) is 4.64. The fourth-order valence-electron chi connectivity index (χ4n) is 3.31. The van der Waals surface area contributed by atoms with E-state index < -0.39 is 0 Å². The number of hydrogen-bond donors (Lipinski definition) is 2. The van der Waals surface area contributed by atoms with Gasteiger partial charge in [-0.2, -0.15) is 0 Å². The predicted molar refractivity (Wildman–Crippen MR) is 95.2 cm³/mol. The summed E-state index contributed by atoms with van der Waals surface area (Å²) in [4.78, 5) is 10.8. The van der Waals surface area contributed by atoms with Gasteiger partial charge in [0.25, 0.3) is 0 Å². The predicted octanol–water partition coefficient (Wildman–Crippen LogP) is 0.840. The Hall–Kier alpha value is 0.415. The number of carbonyl (C=O) groups excluding carboxylic acids is 1. The molecule has 1 aromatic rings. The minimum Gasteiger partial charge on any atom is -0.654 e. The number of rotatable bonds is 8. The molecular formula is C19H30N3ORb. The summed E-state index contributed by atoms with van der Waals surface area (Å²) in [7, 11) is 0. The van der Waals surface area contributed by atoms with Gasteiger partial charge in [0.1, 0.15) is 0 Å². The summed E-state index contributed by atoms with van der Waals surface area (Å²) >= 11 is 0. The zero-order chi connectivity index (χ0) is 16.7. The summed E-state index contributed by atoms with van der Waals surface area (Å²) < 4.78 is 0. The van der Waals surface area contributed by atoms with E-state index in [1.54, 1.807) is 0 Å². The summed E-state index contributed by atoms with van der Waals surface area (Å²) in [6.07, 6.45) is 6.20. The molecule has 0 spiro atoms. The van der Waals surface area contributed by atoms with Crippen LogP contribution in [-0.4, -0.2) is 19.0 Å². The molecular weight excluding hydrogens is 372 g/mol. The van der Waals surface area contributed by atoms with Crippen LogP contribution in [0.3, 0.4) is 0 Å². The van der Waals surface area contributed by atoms with Crippen LogP contribution in [-0.2, 0) is 4.79 Å². The van der Waals surface area contributed by atoms with Crippen molar-refractivity contribution in [2.75, 3.05) is 6.54 Å². The zero-order valence-electron chi connectivity index (χ0n) is 15.4. The first-order valence-corrected chi connectivity index (χ1v) is 8.83. The van der Waals surface area contributed by atoms with Gasteiger partial charge < -0.3 is 16.4 Å². The topological polar surface area (TPSA) is 69.2 Å². The minimum absolute atomic E-state index is 0. The molecule has 3 unspecified atom stereocenters. The molecule has 0 bridgehead atoms. The zero-order valence-corrected chi connectivity index (χ0v) is 20.3. The Labute approximate surface area is 195 Å².